The fourth-order valence-electron chi connectivity index (χ4n) is 5.37. The Morgan fingerprint density at radius 2 is 1.42 bits per heavy atom. The summed E-state index contributed by atoms with van der Waals surface area (Å²) in [5, 5.41) is 0. The molecule has 1 saturated carbocycles. The first kappa shape index (κ1) is 10.3. The molecule has 0 amide bonds. The molecule has 4 aliphatic rings. The summed E-state index contributed by atoms with van der Waals surface area (Å²) >= 11 is 0. The van der Waals surface area contributed by atoms with E-state index in [1.807, 2.05) is 0 Å². The van der Waals surface area contributed by atoms with Gasteiger partial charge in [0.15, 0.2) is 0 Å². The minimum Gasteiger partial charge on any atom is -0.246 e. The van der Waals surface area contributed by atoms with Crippen LogP contribution in [-0.4, -0.2) is 13.9 Å². The highest BCUT2D eigenvalue weighted by molar-refractivity contribution is 5.43. The van der Waals surface area contributed by atoms with Crippen molar-refractivity contribution in [2.75, 3.05) is 0 Å². The Morgan fingerprint density at radius 3 is 1.89 bits per heavy atom. The summed E-state index contributed by atoms with van der Waals surface area (Å²) in [5.41, 5.74) is 2.78. The zero-order chi connectivity index (χ0) is 13.0. The van der Waals surface area contributed by atoms with Crippen molar-refractivity contribution in [3.63, 3.8) is 0 Å². The Balaban J connectivity index is 1.85. The zero-order valence-corrected chi connectivity index (χ0v) is 11.2. The molecule has 0 radical (unpaired) electrons. The molecule has 1 fully saturated rings. The van der Waals surface area contributed by atoms with Gasteiger partial charge in [0, 0.05) is 13.0 Å². The predicted molar refractivity (Wildman–Crippen MR) is 69.0 cm³/mol. The van der Waals surface area contributed by atoms with Gasteiger partial charge in [-0.1, -0.05) is 6.92 Å². The zero-order valence-electron chi connectivity index (χ0n) is 11.2. The standard InChI is InChI=1S/C14H17N3O2/c1-6-11-9-7-3-4-8(5-7)10(9)12(6)17-14(19)15(2)13(18)16(11)17/h6-8,11-12H,3-5H2,1-2H3/t7-,8-,11-,12-/m0/s1. The second-order valence-corrected chi connectivity index (χ2v) is 6.68. The van der Waals surface area contributed by atoms with Gasteiger partial charge in [-0.05, 0) is 42.2 Å². The maximum absolute atomic E-state index is 12.3. The van der Waals surface area contributed by atoms with E-state index < -0.39 is 0 Å². The molecule has 1 aromatic rings. The molecule has 0 saturated heterocycles. The fraction of sp³-hybridized carbons (Fsp3) is 0.714. The highest BCUT2D eigenvalue weighted by Gasteiger charge is 2.59. The lowest BCUT2D eigenvalue weighted by Crippen LogP contribution is -2.30. The third-order valence-electron chi connectivity index (χ3n) is 6.00. The summed E-state index contributed by atoms with van der Waals surface area (Å²) in [6.45, 7) is 2.20. The molecule has 19 heavy (non-hydrogen) atoms. The molecule has 1 aliphatic heterocycles. The monoisotopic (exact) mass is 259 g/mol. The van der Waals surface area contributed by atoms with E-state index in [0.717, 1.165) is 0 Å². The molecule has 2 heterocycles. The van der Waals surface area contributed by atoms with Crippen LogP contribution in [0.25, 0.3) is 0 Å². The molecular weight excluding hydrogens is 242 g/mol. The van der Waals surface area contributed by atoms with Crippen molar-refractivity contribution in [2.24, 2.45) is 24.8 Å². The molecule has 1 aromatic heterocycles. The number of hydrogen-bond acceptors (Lipinski definition) is 2. The van der Waals surface area contributed by atoms with Crippen molar-refractivity contribution in [3.05, 3.63) is 32.1 Å². The van der Waals surface area contributed by atoms with E-state index in [2.05, 4.69) is 6.92 Å². The Morgan fingerprint density at radius 1 is 0.947 bits per heavy atom. The molecule has 5 nitrogen and oxygen atoms in total. The SMILES string of the molecule is CC1[C@H]2C3=C([C@H]4CC[C@H]3C4)[C@H]1n1c(=O)n(C)c(=O)n12. The van der Waals surface area contributed by atoms with Crippen molar-refractivity contribution >= 4 is 0 Å². The van der Waals surface area contributed by atoms with Gasteiger partial charge >= 0.3 is 11.4 Å². The van der Waals surface area contributed by atoms with Gasteiger partial charge in [-0.3, -0.25) is 0 Å². The first-order valence-electron chi connectivity index (χ1n) is 7.25. The van der Waals surface area contributed by atoms with Crippen LogP contribution in [0.4, 0.5) is 0 Å². The Labute approximate surface area is 110 Å². The molecule has 0 N–H and O–H groups in total. The van der Waals surface area contributed by atoms with Crippen molar-refractivity contribution in [2.45, 2.75) is 38.3 Å². The number of allylic oxidation sites excluding steroid dienone is 2. The molecule has 5 rings (SSSR count). The second-order valence-electron chi connectivity index (χ2n) is 6.68. The van der Waals surface area contributed by atoms with Crippen LogP contribution in [0.5, 0.6) is 0 Å². The van der Waals surface area contributed by atoms with E-state index in [9.17, 15) is 9.59 Å². The van der Waals surface area contributed by atoms with E-state index >= 15 is 0 Å². The quantitative estimate of drug-likeness (QED) is 0.511. The third kappa shape index (κ3) is 0.857. The summed E-state index contributed by atoms with van der Waals surface area (Å²) in [7, 11) is 1.59. The number of rotatable bonds is 0. The van der Waals surface area contributed by atoms with Crippen molar-refractivity contribution in [1.82, 2.24) is 13.9 Å². The van der Waals surface area contributed by atoms with Gasteiger partial charge in [0.25, 0.3) is 0 Å². The van der Waals surface area contributed by atoms with E-state index in [-0.39, 0.29) is 23.5 Å². The molecule has 4 bridgehead atoms. The molecule has 3 aliphatic carbocycles. The molecule has 100 valence electrons. The van der Waals surface area contributed by atoms with Crippen molar-refractivity contribution < 1.29 is 0 Å². The minimum atomic E-state index is -0.140. The summed E-state index contributed by atoms with van der Waals surface area (Å²) in [4.78, 5) is 24.6. The average molecular weight is 259 g/mol. The molecule has 4 atom stereocenters. The number of fused-ring (bicyclic) bond motifs is 11. The van der Waals surface area contributed by atoms with Crippen molar-refractivity contribution in [1.29, 1.82) is 0 Å². The van der Waals surface area contributed by atoms with Crippen LogP contribution in [0.3, 0.4) is 0 Å². The third-order valence-corrected chi connectivity index (χ3v) is 6.00. The largest absolute Gasteiger partial charge is 0.347 e. The molecule has 0 spiro atoms. The normalized spacial score (nSPS) is 41.3. The van der Waals surface area contributed by atoms with Gasteiger partial charge in [-0.15, -0.1) is 0 Å². The number of nitrogens with zero attached hydrogens (tertiary/aromatic N) is 3. The van der Waals surface area contributed by atoms with Gasteiger partial charge in [-0.25, -0.2) is 23.5 Å². The smallest absolute Gasteiger partial charge is 0.246 e. The molecule has 0 unspecified atom stereocenters. The van der Waals surface area contributed by atoms with Crippen LogP contribution in [0.2, 0.25) is 0 Å². The Bertz CT molecular complexity index is 703. The van der Waals surface area contributed by atoms with Gasteiger partial charge in [0.1, 0.15) is 0 Å². The van der Waals surface area contributed by atoms with Gasteiger partial charge < -0.3 is 0 Å². The summed E-state index contributed by atoms with van der Waals surface area (Å²) < 4.78 is 4.75. The highest BCUT2D eigenvalue weighted by Crippen LogP contribution is 2.65. The summed E-state index contributed by atoms with van der Waals surface area (Å²) in [5.74, 6) is 1.76. The van der Waals surface area contributed by atoms with E-state index in [1.54, 1.807) is 16.4 Å². The van der Waals surface area contributed by atoms with E-state index in [0.29, 0.717) is 17.8 Å². The number of aromatic nitrogens is 3. The van der Waals surface area contributed by atoms with Gasteiger partial charge in [0.05, 0.1) is 12.1 Å². The van der Waals surface area contributed by atoms with Crippen LogP contribution >= 0.6 is 0 Å². The van der Waals surface area contributed by atoms with Gasteiger partial charge in [-0.2, -0.15) is 0 Å². The summed E-state index contributed by atoms with van der Waals surface area (Å²) in [6.07, 6.45) is 3.83. The van der Waals surface area contributed by atoms with Crippen LogP contribution in [0.15, 0.2) is 20.7 Å². The first-order valence-corrected chi connectivity index (χ1v) is 7.25. The topological polar surface area (TPSA) is 48.9 Å². The fourth-order valence-corrected chi connectivity index (χ4v) is 5.37. The van der Waals surface area contributed by atoms with Crippen LogP contribution in [0, 0.1) is 17.8 Å². The molecule has 5 heteroatoms. The van der Waals surface area contributed by atoms with Crippen LogP contribution in [0.1, 0.15) is 38.3 Å². The summed E-state index contributed by atoms with van der Waals surface area (Å²) in [6, 6.07) is 0.327. The van der Waals surface area contributed by atoms with Crippen LogP contribution in [-0.2, 0) is 7.05 Å². The lowest BCUT2D eigenvalue weighted by atomic mass is 9.91. The second kappa shape index (κ2) is 2.81. The minimum absolute atomic E-state index is 0.140. The highest BCUT2D eigenvalue weighted by atomic mass is 16.2. The first-order chi connectivity index (χ1) is 9.11. The lowest BCUT2D eigenvalue weighted by molar-refractivity contribution is 0.415. The van der Waals surface area contributed by atoms with E-state index in [1.165, 1.54) is 35.0 Å². The Hall–Kier alpha value is -1.52. The molecular formula is C14H17N3O2. The maximum Gasteiger partial charge on any atom is 0.347 e. The number of hydrogen-bond donors (Lipinski definition) is 0. The Kier molecular flexibility index (Phi) is 1.52. The van der Waals surface area contributed by atoms with E-state index in [4.69, 9.17) is 0 Å². The predicted octanol–water partition coefficient (Wildman–Crippen LogP) is 0.820. The molecule has 0 aromatic carbocycles. The maximum atomic E-state index is 12.3. The van der Waals surface area contributed by atoms with Crippen LogP contribution < -0.4 is 11.4 Å². The lowest BCUT2D eigenvalue weighted by Gasteiger charge is -2.25. The average Bonchev–Trinajstić information content (AvgIpc) is 3.15. The van der Waals surface area contributed by atoms with Crippen molar-refractivity contribution in [3.8, 4) is 0 Å². The van der Waals surface area contributed by atoms with Gasteiger partial charge in [0.2, 0.25) is 0 Å².